The van der Waals surface area contributed by atoms with Gasteiger partial charge in [0.25, 0.3) is 0 Å². The zero-order valence-corrected chi connectivity index (χ0v) is 21.1. The first-order valence-electron chi connectivity index (χ1n) is 12.6. The molecule has 2 nitrogen and oxygen atoms in total. The van der Waals surface area contributed by atoms with E-state index in [9.17, 15) is 4.79 Å². The van der Waals surface area contributed by atoms with Gasteiger partial charge in [-0.25, -0.2) is 0 Å². The van der Waals surface area contributed by atoms with Crippen molar-refractivity contribution in [3.63, 3.8) is 0 Å². The predicted octanol–water partition coefficient (Wildman–Crippen LogP) is 9.04. The number of hydrogen-bond acceptors (Lipinski definition) is 2. The number of carbonyl (C=O) groups excluding carboxylic acids is 1. The van der Waals surface area contributed by atoms with Crippen LogP contribution in [-0.2, 0) is 9.53 Å². The minimum atomic E-state index is -0.0328. The zero-order chi connectivity index (χ0) is 22.9. The number of allylic oxidation sites excluding steroid dienone is 7. The van der Waals surface area contributed by atoms with E-state index in [1.165, 1.54) is 60.8 Å². The van der Waals surface area contributed by atoms with Crippen molar-refractivity contribution in [3.8, 4) is 0 Å². The van der Waals surface area contributed by atoms with Gasteiger partial charge in [0.05, 0.1) is 0 Å². The molecule has 31 heavy (non-hydrogen) atoms. The molecule has 0 amide bonds. The van der Waals surface area contributed by atoms with Gasteiger partial charge in [0.1, 0.15) is 6.61 Å². The molecule has 1 fully saturated rings. The maximum atomic E-state index is 11.9. The molecule has 0 aromatic heterocycles. The fourth-order valence-corrected chi connectivity index (χ4v) is 4.13. The Kier molecular flexibility index (Phi) is 15.1. The third-order valence-electron chi connectivity index (χ3n) is 6.31. The van der Waals surface area contributed by atoms with E-state index < -0.39 is 0 Å². The van der Waals surface area contributed by atoms with Crippen molar-refractivity contribution in [3.05, 3.63) is 46.6 Å². The number of ether oxygens (including phenoxy) is 1. The molecule has 0 aromatic carbocycles. The normalized spacial score (nSPS) is 16.4. The van der Waals surface area contributed by atoms with E-state index in [0.717, 1.165) is 44.4 Å². The summed E-state index contributed by atoms with van der Waals surface area (Å²) < 4.78 is 5.41. The molecule has 1 saturated carbocycles. The molecule has 0 saturated heterocycles. The summed E-state index contributed by atoms with van der Waals surface area (Å²) in [4.78, 5) is 11.9. The van der Waals surface area contributed by atoms with Crippen molar-refractivity contribution < 1.29 is 9.53 Å². The third kappa shape index (κ3) is 15.8. The van der Waals surface area contributed by atoms with Crippen molar-refractivity contribution in [1.29, 1.82) is 0 Å². The first-order valence-corrected chi connectivity index (χ1v) is 12.6. The number of rotatable bonds is 14. The second-order valence-corrected chi connectivity index (χ2v) is 9.77. The Morgan fingerprint density at radius 2 is 1.23 bits per heavy atom. The molecule has 0 aromatic rings. The molecule has 0 spiro atoms. The largest absolute Gasteiger partial charge is 0.461 e. The standard InChI is InChI=1S/C29H48O2/c1-24(2)12-9-13-25(3)14-10-15-26(4)16-11-17-27(5)22-23-31-29(30)21-20-28-18-7-6-8-19-28/h12,14,16,22,28H,6-11,13,15,17-21,23H2,1-5H3/b25-14+,26-16+,27-22+. The lowest BCUT2D eigenvalue weighted by atomic mass is 9.86. The molecule has 2 heteroatoms. The predicted molar refractivity (Wildman–Crippen MR) is 135 cm³/mol. The summed E-state index contributed by atoms with van der Waals surface area (Å²) in [5, 5.41) is 0. The van der Waals surface area contributed by atoms with E-state index in [1.807, 2.05) is 0 Å². The summed E-state index contributed by atoms with van der Waals surface area (Å²) in [5.74, 6) is 0.713. The van der Waals surface area contributed by atoms with Crippen LogP contribution in [0.15, 0.2) is 46.6 Å². The second kappa shape index (κ2) is 17.0. The van der Waals surface area contributed by atoms with Crippen LogP contribution < -0.4 is 0 Å². The van der Waals surface area contributed by atoms with Gasteiger partial charge < -0.3 is 4.74 Å². The van der Waals surface area contributed by atoms with Gasteiger partial charge in [-0.2, -0.15) is 0 Å². The molecular formula is C29H48O2. The number of hydrogen-bond donors (Lipinski definition) is 0. The summed E-state index contributed by atoms with van der Waals surface area (Å²) in [6, 6.07) is 0. The molecule has 0 bridgehead atoms. The van der Waals surface area contributed by atoms with Crippen molar-refractivity contribution in [2.75, 3.05) is 6.61 Å². The van der Waals surface area contributed by atoms with Gasteiger partial charge in [0, 0.05) is 6.42 Å². The van der Waals surface area contributed by atoms with Crippen LogP contribution >= 0.6 is 0 Å². The SMILES string of the molecule is CC(C)=CCC/C(C)=C/CC/C(C)=C/CC/C(C)=C/COC(=O)CCC1CCCCC1. The first kappa shape index (κ1) is 27.5. The molecule has 0 aliphatic heterocycles. The van der Waals surface area contributed by atoms with Gasteiger partial charge >= 0.3 is 5.97 Å². The van der Waals surface area contributed by atoms with Crippen LogP contribution in [0.3, 0.4) is 0 Å². The lowest BCUT2D eigenvalue weighted by Gasteiger charge is -2.20. The van der Waals surface area contributed by atoms with Gasteiger partial charge in [-0.05, 0) is 91.6 Å². The zero-order valence-electron chi connectivity index (χ0n) is 21.1. The van der Waals surface area contributed by atoms with Crippen LogP contribution in [0, 0.1) is 5.92 Å². The van der Waals surface area contributed by atoms with Crippen LogP contribution in [0.5, 0.6) is 0 Å². The summed E-state index contributed by atoms with van der Waals surface area (Å²) >= 11 is 0. The van der Waals surface area contributed by atoms with Crippen LogP contribution in [0.2, 0.25) is 0 Å². The van der Waals surface area contributed by atoms with Gasteiger partial charge in [0.2, 0.25) is 0 Å². The van der Waals surface area contributed by atoms with Crippen LogP contribution in [0.4, 0.5) is 0 Å². The lowest BCUT2D eigenvalue weighted by molar-refractivity contribution is -0.142. The average molecular weight is 429 g/mol. The summed E-state index contributed by atoms with van der Waals surface area (Å²) in [5.41, 5.74) is 5.68. The third-order valence-corrected chi connectivity index (χ3v) is 6.31. The lowest BCUT2D eigenvalue weighted by Crippen LogP contribution is -2.11. The smallest absolute Gasteiger partial charge is 0.306 e. The minimum Gasteiger partial charge on any atom is -0.461 e. The molecule has 0 heterocycles. The minimum absolute atomic E-state index is 0.0328. The Balaban J connectivity index is 2.14. The first-order chi connectivity index (χ1) is 14.9. The fourth-order valence-electron chi connectivity index (χ4n) is 4.13. The van der Waals surface area contributed by atoms with E-state index >= 15 is 0 Å². The van der Waals surface area contributed by atoms with Gasteiger partial charge in [-0.15, -0.1) is 0 Å². The van der Waals surface area contributed by atoms with Crippen molar-refractivity contribution in [1.82, 2.24) is 0 Å². The average Bonchev–Trinajstić information content (AvgIpc) is 2.72. The molecule has 1 aliphatic carbocycles. The molecule has 0 N–H and O–H groups in total. The fraction of sp³-hybridized carbons (Fsp3) is 0.690. The van der Waals surface area contributed by atoms with Crippen molar-refractivity contribution in [2.45, 2.75) is 118 Å². The Morgan fingerprint density at radius 3 is 1.77 bits per heavy atom. The highest BCUT2D eigenvalue weighted by atomic mass is 16.5. The summed E-state index contributed by atoms with van der Waals surface area (Å²) in [6.07, 6.45) is 24.1. The van der Waals surface area contributed by atoms with Crippen LogP contribution in [0.1, 0.15) is 118 Å². The molecular weight excluding hydrogens is 380 g/mol. The Hall–Kier alpha value is -1.57. The topological polar surface area (TPSA) is 26.3 Å². The van der Waals surface area contributed by atoms with Gasteiger partial charge in [-0.1, -0.05) is 72.6 Å². The van der Waals surface area contributed by atoms with E-state index in [0.29, 0.717) is 13.0 Å². The number of esters is 1. The van der Waals surface area contributed by atoms with Crippen LogP contribution in [-0.4, -0.2) is 12.6 Å². The second-order valence-electron chi connectivity index (χ2n) is 9.77. The number of carbonyl (C=O) groups is 1. The molecule has 0 unspecified atom stereocenters. The maximum Gasteiger partial charge on any atom is 0.306 e. The van der Waals surface area contributed by atoms with E-state index in [-0.39, 0.29) is 5.97 Å². The molecule has 0 atom stereocenters. The Labute approximate surface area is 192 Å². The van der Waals surface area contributed by atoms with Crippen molar-refractivity contribution in [2.24, 2.45) is 5.92 Å². The van der Waals surface area contributed by atoms with E-state index in [4.69, 9.17) is 4.74 Å². The van der Waals surface area contributed by atoms with Gasteiger partial charge in [-0.3, -0.25) is 4.79 Å². The molecule has 1 rings (SSSR count). The highest BCUT2D eigenvalue weighted by Gasteiger charge is 2.15. The molecule has 1 aliphatic rings. The highest BCUT2D eigenvalue weighted by molar-refractivity contribution is 5.69. The van der Waals surface area contributed by atoms with Crippen molar-refractivity contribution >= 4 is 5.97 Å². The highest BCUT2D eigenvalue weighted by Crippen LogP contribution is 2.27. The quantitative estimate of drug-likeness (QED) is 0.204. The maximum absolute atomic E-state index is 11.9. The monoisotopic (exact) mass is 428 g/mol. The summed E-state index contributed by atoms with van der Waals surface area (Å²) in [7, 11) is 0. The molecule has 0 radical (unpaired) electrons. The Bertz CT molecular complexity index is 623. The Morgan fingerprint density at radius 1 is 0.710 bits per heavy atom. The van der Waals surface area contributed by atoms with Gasteiger partial charge in [0.15, 0.2) is 0 Å². The van der Waals surface area contributed by atoms with E-state index in [2.05, 4.69) is 58.9 Å². The summed E-state index contributed by atoms with van der Waals surface area (Å²) in [6.45, 7) is 11.4. The van der Waals surface area contributed by atoms with Crippen LogP contribution in [0.25, 0.3) is 0 Å². The molecule has 176 valence electrons. The van der Waals surface area contributed by atoms with E-state index in [1.54, 1.807) is 0 Å².